The Hall–Kier alpha value is -3.43. The molecular weight excluding hydrogens is 392 g/mol. The summed E-state index contributed by atoms with van der Waals surface area (Å²) in [5.74, 6) is -0.0472. The number of nitriles is 1. The summed E-state index contributed by atoms with van der Waals surface area (Å²) in [6, 6.07) is 18.7. The van der Waals surface area contributed by atoms with Crippen molar-refractivity contribution >= 4 is 17.6 Å². The Morgan fingerprint density at radius 3 is 2.52 bits per heavy atom. The molecule has 2 aromatic carbocycles. The van der Waals surface area contributed by atoms with Gasteiger partial charge in [-0.25, -0.2) is 4.79 Å². The monoisotopic (exact) mass is 418 g/mol. The maximum atomic E-state index is 13.2. The van der Waals surface area contributed by atoms with Crippen LogP contribution in [-0.4, -0.2) is 36.5 Å². The molecule has 6 nitrogen and oxygen atoms in total. The highest BCUT2D eigenvalue weighted by molar-refractivity contribution is 6.04. The van der Waals surface area contributed by atoms with Crippen LogP contribution < -0.4 is 0 Å². The third kappa shape index (κ3) is 5.80. The van der Waals surface area contributed by atoms with E-state index in [2.05, 4.69) is 6.07 Å². The average molecular weight is 418 g/mol. The molecule has 1 aliphatic rings. The fraction of sp³-hybridized carbons (Fsp3) is 0.320. The zero-order valence-electron chi connectivity index (χ0n) is 17.7. The van der Waals surface area contributed by atoms with Crippen LogP contribution in [0.1, 0.15) is 42.9 Å². The molecule has 0 atom stereocenters. The van der Waals surface area contributed by atoms with E-state index in [1.165, 1.54) is 4.90 Å². The number of ketones is 1. The Morgan fingerprint density at radius 2 is 1.90 bits per heavy atom. The average Bonchev–Trinajstić information content (AvgIpc) is 3.23. The maximum absolute atomic E-state index is 13.2. The molecule has 0 aliphatic carbocycles. The number of carbonyl (C=O) groups is 2. The van der Waals surface area contributed by atoms with E-state index in [0.717, 1.165) is 18.4 Å². The molecule has 1 heterocycles. The van der Waals surface area contributed by atoms with E-state index < -0.39 is 6.09 Å². The summed E-state index contributed by atoms with van der Waals surface area (Å²) in [6.45, 7) is 3.09. The number of rotatable bonds is 10. The molecule has 0 bridgehead atoms. The predicted octanol–water partition coefficient (Wildman–Crippen LogP) is 4.70. The number of benzene rings is 2. The van der Waals surface area contributed by atoms with Gasteiger partial charge < -0.3 is 9.47 Å². The molecule has 2 aromatic rings. The lowest BCUT2D eigenvalue weighted by atomic mass is 9.98. The molecule has 0 N–H and O–H groups in total. The molecular formula is C25H26N2O4. The lowest BCUT2D eigenvalue weighted by molar-refractivity contribution is -0.116. The summed E-state index contributed by atoms with van der Waals surface area (Å²) in [7, 11) is 0. The van der Waals surface area contributed by atoms with E-state index in [-0.39, 0.29) is 19.0 Å². The lowest BCUT2D eigenvalue weighted by Gasteiger charge is -2.22. The highest BCUT2D eigenvalue weighted by atomic mass is 16.6. The summed E-state index contributed by atoms with van der Waals surface area (Å²) >= 11 is 0. The van der Waals surface area contributed by atoms with Crippen LogP contribution in [0.2, 0.25) is 0 Å². The third-order valence-electron chi connectivity index (χ3n) is 5.06. The number of Topliss-reactive ketones (excluding diaryl/α,β-unsaturated/α-hetero) is 1. The first-order valence-corrected chi connectivity index (χ1v) is 10.5. The minimum atomic E-state index is -0.483. The Bertz CT molecular complexity index is 975. The van der Waals surface area contributed by atoms with E-state index in [1.807, 2.05) is 37.3 Å². The second kappa shape index (κ2) is 11.1. The SMILES string of the molecule is CCCCC(=O)/C(COCc1ccccc1)=C(\c1ccc(C#N)cc1)N1CCOC1=O. The van der Waals surface area contributed by atoms with Crippen LogP contribution in [-0.2, 0) is 20.9 Å². The largest absolute Gasteiger partial charge is 0.447 e. The van der Waals surface area contributed by atoms with Gasteiger partial charge in [0.15, 0.2) is 5.78 Å². The molecule has 3 rings (SSSR count). The number of amides is 1. The quantitative estimate of drug-likeness (QED) is 0.523. The van der Waals surface area contributed by atoms with Crippen molar-refractivity contribution in [2.45, 2.75) is 32.8 Å². The van der Waals surface area contributed by atoms with Crippen LogP contribution in [0.5, 0.6) is 0 Å². The third-order valence-corrected chi connectivity index (χ3v) is 5.06. The fourth-order valence-electron chi connectivity index (χ4n) is 3.41. The molecule has 160 valence electrons. The van der Waals surface area contributed by atoms with E-state index in [9.17, 15) is 9.59 Å². The van der Waals surface area contributed by atoms with Gasteiger partial charge in [-0.3, -0.25) is 9.69 Å². The lowest BCUT2D eigenvalue weighted by Crippen LogP contribution is -2.27. The Kier molecular flexibility index (Phi) is 7.97. The summed E-state index contributed by atoms with van der Waals surface area (Å²) in [6.07, 6.45) is 1.54. The summed E-state index contributed by atoms with van der Waals surface area (Å²) in [5.41, 5.74) is 3.14. The van der Waals surface area contributed by atoms with Crippen LogP contribution in [0.4, 0.5) is 4.79 Å². The normalized spacial score (nSPS) is 14.1. The molecule has 1 amide bonds. The van der Waals surface area contributed by atoms with Crippen LogP contribution >= 0.6 is 0 Å². The van der Waals surface area contributed by atoms with Crippen molar-refractivity contribution in [3.63, 3.8) is 0 Å². The molecule has 0 radical (unpaired) electrons. The second-order valence-electron chi connectivity index (χ2n) is 7.29. The van der Waals surface area contributed by atoms with Crippen molar-refractivity contribution in [2.24, 2.45) is 0 Å². The predicted molar refractivity (Wildman–Crippen MR) is 117 cm³/mol. The number of hydrogen-bond acceptors (Lipinski definition) is 5. The number of cyclic esters (lactones) is 1. The van der Waals surface area contributed by atoms with Crippen LogP contribution in [0.25, 0.3) is 5.70 Å². The molecule has 31 heavy (non-hydrogen) atoms. The van der Waals surface area contributed by atoms with Crippen LogP contribution in [0.3, 0.4) is 0 Å². The highest BCUT2D eigenvalue weighted by Crippen LogP contribution is 2.28. The van der Waals surface area contributed by atoms with Gasteiger partial charge in [-0.2, -0.15) is 5.26 Å². The van der Waals surface area contributed by atoms with Crippen molar-refractivity contribution in [2.75, 3.05) is 19.8 Å². The van der Waals surface area contributed by atoms with Gasteiger partial charge in [0, 0.05) is 12.0 Å². The fourth-order valence-corrected chi connectivity index (χ4v) is 3.41. The van der Waals surface area contributed by atoms with Gasteiger partial charge in [0.25, 0.3) is 0 Å². The van der Waals surface area contributed by atoms with Crippen molar-refractivity contribution in [3.05, 3.63) is 76.9 Å². The Balaban J connectivity index is 1.98. The van der Waals surface area contributed by atoms with Crippen molar-refractivity contribution in [1.82, 2.24) is 4.90 Å². The van der Waals surface area contributed by atoms with Gasteiger partial charge in [0.1, 0.15) is 6.61 Å². The minimum Gasteiger partial charge on any atom is -0.447 e. The standard InChI is InChI=1S/C25H26N2O4/c1-2-3-9-23(28)22(18-30-17-20-7-5-4-6-8-20)24(27-14-15-31-25(27)29)21-12-10-19(16-26)11-13-21/h4-8,10-13H,2-3,9,14-15,17-18H2,1H3/b24-22+. The molecule has 1 aliphatic heterocycles. The number of ether oxygens (including phenoxy) is 2. The van der Waals surface area contributed by atoms with Gasteiger partial charge in [-0.1, -0.05) is 55.8 Å². The Labute approximate surface area is 182 Å². The molecule has 1 fully saturated rings. The maximum Gasteiger partial charge on any atom is 0.414 e. The first kappa shape index (κ1) is 22.3. The molecule has 6 heteroatoms. The van der Waals surface area contributed by atoms with Gasteiger partial charge in [-0.15, -0.1) is 0 Å². The molecule has 0 spiro atoms. The Morgan fingerprint density at radius 1 is 1.16 bits per heavy atom. The summed E-state index contributed by atoms with van der Waals surface area (Å²) in [5, 5.41) is 9.12. The first-order valence-electron chi connectivity index (χ1n) is 10.5. The molecule has 0 unspecified atom stereocenters. The van der Waals surface area contributed by atoms with Crippen molar-refractivity contribution in [1.29, 1.82) is 5.26 Å². The van der Waals surface area contributed by atoms with Gasteiger partial charge in [-0.05, 0) is 29.7 Å². The molecule has 1 saturated heterocycles. The van der Waals surface area contributed by atoms with E-state index in [4.69, 9.17) is 14.7 Å². The first-order chi connectivity index (χ1) is 15.1. The zero-order chi connectivity index (χ0) is 22.1. The zero-order valence-corrected chi connectivity index (χ0v) is 17.7. The van der Waals surface area contributed by atoms with Crippen LogP contribution in [0.15, 0.2) is 60.2 Å². The van der Waals surface area contributed by atoms with Crippen LogP contribution in [0, 0.1) is 11.3 Å². The number of carbonyl (C=O) groups excluding carboxylic acids is 2. The van der Waals surface area contributed by atoms with E-state index >= 15 is 0 Å². The summed E-state index contributed by atoms with van der Waals surface area (Å²) < 4.78 is 11.1. The van der Waals surface area contributed by atoms with Gasteiger partial charge >= 0.3 is 6.09 Å². The number of unbranched alkanes of at least 4 members (excludes halogenated alkanes) is 1. The number of hydrogen-bond donors (Lipinski definition) is 0. The van der Waals surface area contributed by atoms with E-state index in [0.29, 0.717) is 42.0 Å². The smallest absolute Gasteiger partial charge is 0.414 e. The second-order valence-corrected chi connectivity index (χ2v) is 7.29. The minimum absolute atomic E-state index is 0.0472. The van der Waals surface area contributed by atoms with E-state index in [1.54, 1.807) is 24.3 Å². The van der Waals surface area contributed by atoms with Gasteiger partial charge in [0.05, 0.1) is 37.1 Å². The molecule has 0 saturated carbocycles. The number of nitrogens with zero attached hydrogens (tertiary/aromatic N) is 2. The summed E-state index contributed by atoms with van der Waals surface area (Å²) in [4.78, 5) is 27.1. The highest BCUT2D eigenvalue weighted by Gasteiger charge is 2.30. The van der Waals surface area contributed by atoms with Crippen molar-refractivity contribution in [3.8, 4) is 6.07 Å². The van der Waals surface area contributed by atoms with Gasteiger partial charge in [0.2, 0.25) is 0 Å². The molecule has 0 aromatic heterocycles. The topological polar surface area (TPSA) is 79.6 Å². The van der Waals surface area contributed by atoms with Crippen molar-refractivity contribution < 1.29 is 19.1 Å².